The third kappa shape index (κ3) is 5.06. The third-order valence-electron chi connectivity index (χ3n) is 4.90. The van der Waals surface area contributed by atoms with Gasteiger partial charge in [-0.05, 0) is 38.0 Å². The lowest BCUT2D eigenvalue weighted by Crippen LogP contribution is -2.47. The zero-order valence-corrected chi connectivity index (χ0v) is 16.3. The van der Waals surface area contributed by atoms with Crippen LogP contribution in [0, 0.1) is 0 Å². The molecule has 0 radical (unpaired) electrons. The molecule has 1 aliphatic rings. The number of benzene rings is 1. The van der Waals surface area contributed by atoms with Gasteiger partial charge in [0.15, 0.2) is 6.04 Å². The van der Waals surface area contributed by atoms with Crippen molar-refractivity contribution in [3.8, 4) is 0 Å². The average Bonchev–Trinajstić information content (AvgIpc) is 2.65. The van der Waals surface area contributed by atoms with Gasteiger partial charge in [0, 0.05) is 18.7 Å². The van der Waals surface area contributed by atoms with Crippen molar-refractivity contribution in [1.82, 2.24) is 9.62 Å². The molecule has 0 saturated heterocycles. The molecule has 1 amide bonds. The highest BCUT2D eigenvalue weighted by atomic mass is 32.2. The number of carboxylic acid groups (broad SMARTS) is 1. The predicted molar refractivity (Wildman–Crippen MR) is 98.8 cm³/mol. The largest absolute Gasteiger partial charge is 0.480 e. The molecule has 1 aromatic rings. The standard InChI is InChI=1S/C18H26N2O6S/c1-12(21)16(18(23)24)19-17(22)13-7-6-10-15(11-13)27(25,26)20(2)14-8-4-3-5-9-14/h6-7,10-12,14,16,21H,3-5,8-9H2,1-2H3,(H,19,22)(H,23,24). The lowest BCUT2D eigenvalue weighted by molar-refractivity contribution is -0.141. The SMILES string of the molecule is CC(O)C(NC(=O)c1cccc(S(=O)(=O)N(C)C2CCCCC2)c1)C(=O)O. The highest BCUT2D eigenvalue weighted by molar-refractivity contribution is 7.89. The fourth-order valence-corrected chi connectivity index (χ4v) is 4.68. The number of aliphatic carboxylic acids is 1. The summed E-state index contributed by atoms with van der Waals surface area (Å²) in [7, 11) is -2.22. The third-order valence-corrected chi connectivity index (χ3v) is 6.80. The first kappa shape index (κ1) is 21.3. The molecule has 0 spiro atoms. The van der Waals surface area contributed by atoms with Crippen molar-refractivity contribution in [2.24, 2.45) is 0 Å². The minimum atomic E-state index is -3.77. The second kappa shape index (κ2) is 8.81. The quantitative estimate of drug-likeness (QED) is 0.634. The number of sulfonamides is 1. The Morgan fingerprint density at radius 2 is 1.85 bits per heavy atom. The molecule has 150 valence electrons. The van der Waals surface area contributed by atoms with Crippen LogP contribution >= 0.6 is 0 Å². The summed E-state index contributed by atoms with van der Waals surface area (Å²) in [5.74, 6) is -2.14. The Morgan fingerprint density at radius 1 is 1.22 bits per heavy atom. The Balaban J connectivity index is 2.22. The average molecular weight is 398 g/mol. The van der Waals surface area contributed by atoms with Crippen molar-refractivity contribution in [2.45, 2.75) is 62.1 Å². The Labute approximate surface area is 159 Å². The van der Waals surface area contributed by atoms with Gasteiger partial charge in [-0.1, -0.05) is 25.3 Å². The fourth-order valence-electron chi connectivity index (χ4n) is 3.22. The van der Waals surface area contributed by atoms with E-state index < -0.39 is 34.0 Å². The van der Waals surface area contributed by atoms with E-state index in [0.717, 1.165) is 32.1 Å². The maximum absolute atomic E-state index is 12.9. The van der Waals surface area contributed by atoms with E-state index in [1.54, 1.807) is 7.05 Å². The number of aliphatic hydroxyl groups excluding tert-OH is 1. The van der Waals surface area contributed by atoms with Crippen molar-refractivity contribution in [1.29, 1.82) is 0 Å². The van der Waals surface area contributed by atoms with Crippen molar-refractivity contribution in [3.05, 3.63) is 29.8 Å². The van der Waals surface area contributed by atoms with Gasteiger partial charge in [-0.2, -0.15) is 4.31 Å². The van der Waals surface area contributed by atoms with E-state index in [4.69, 9.17) is 5.11 Å². The molecular weight excluding hydrogens is 372 g/mol. The molecule has 27 heavy (non-hydrogen) atoms. The second-order valence-corrected chi connectivity index (χ2v) is 8.87. The van der Waals surface area contributed by atoms with E-state index >= 15 is 0 Å². The van der Waals surface area contributed by atoms with Gasteiger partial charge in [0.2, 0.25) is 10.0 Å². The van der Waals surface area contributed by atoms with Gasteiger partial charge < -0.3 is 15.5 Å². The molecule has 0 bridgehead atoms. The van der Waals surface area contributed by atoms with E-state index in [-0.39, 0.29) is 16.5 Å². The first-order chi connectivity index (χ1) is 12.6. The molecular formula is C18H26N2O6S. The Hall–Kier alpha value is -1.97. The number of rotatable bonds is 7. The molecule has 0 heterocycles. The Kier molecular flexibility index (Phi) is 6.96. The second-order valence-electron chi connectivity index (χ2n) is 6.87. The monoisotopic (exact) mass is 398 g/mol. The highest BCUT2D eigenvalue weighted by Crippen LogP contribution is 2.26. The van der Waals surface area contributed by atoms with Gasteiger partial charge in [0.05, 0.1) is 11.0 Å². The number of nitrogens with one attached hydrogen (secondary N) is 1. The van der Waals surface area contributed by atoms with Crippen LogP contribution in [0.4, 0.5) is 0 Å². The van der Waals surface area contributed by atoms with E-state index in [1.165, 1.54) is 35.5 Å². The molecule has 2 unspecified atom stereocenters. The fraction of sp³-hybridized carbons (Fsp3) is 0.556. The predicted octanol–water partition coefficient (Wildman–Crippen LogP) is 1.20. The van der Waals surface area contributed by atoms with Crippen molar-refractivity contribution in [3.63, 3.8) is 0 Å². The Morgan fingerprint density at radius 3 is 2.41 bits per heavy atom. The summed E-state index contributed by atoms with van der Waals surface area (Å²) in [4.78, 5) is 23.4. The van der Waals surface area contributed by atoms with E-state index in [2.05, 4.69) is 5.32 Å². The number of amides is 1. The van der Waals surface area contributed by atoms with Crippen LogP contribution in [0.5, 0.6) is 0 Å². The summed E-state index contributed by atoms with van der Waals surface area (Å²) in [6.07, 6.45) is 3.41. The number of hydrogen-bond donors (Lipinski definition) is 3. The minimum absolute atomic E-state index is 0.0139. The van der Waals surface area contributed by atoms with Gasteiger partial charge in [0.25, 0.3) is 5.91 Å². The molecule has 0 aliphatic heterocycles. The lowest BCUT2D eigenvalue weighted by Gasteiger charge is -2.30. The van der Waals surface area contributed by atoms with Crippen LogP contribution in [0.1, 0.15) is 49.4 Å². The molecule has 8 nitrogen and oxygen atoms in total. The molecule has 1 aliphatic carbocycles. The molecule has 1 saturated carbocycles. The maximum Gasteiger partial charge on any atom is 0.328 e. The van der Waals surface area contributed by atoms with E-state index in [0.29, 0.717) is 0 Å². The number of carboxylic acids is 1. The number of aliphatic hydroxyl groups is 1. The summed E-state index contributed by atoms with van der Waals surface area (Å²) >= 11 is 0. The summed E-state index contributed by atoms with van der Waals surface area (Å²) < 4.78 is 27.2. The van der Waals surface area contributed by atoms with Gasteiger partial charge in [-0.25, -0.2) is 13.2 Å². The zero-order chi connectivity index (χ0) is 20.2. The van der Waals surface area contributed by atoms with Crippen LogP contribution in [-0.2, 0) is 14.8 Å². The molecule has 2 atom stereocenters. The number of carbonyl (C=O) groups is 2. The minimum Gasteiger partial charge on any atom is -0.480 e. The van der Waals surface area contributed by atoms with Gasteiger partial charge in [-0.15, -0.1) is 0 Å². The molecule has 1 aromatic carbocycles. The smallest absolute Gasteiger partial charge is 0.328 e. The number of carbonyl (C=O) groups excluding carboxylic acids is 1. The summed E-state index contributed by atoms with van der Waals surface area (Å²) in [5, 5.41) is 20.8. The topological polar surface area (TPSA) is 124 Å². The van der Waals surface area contributed by atoms with Crippen LogP contribution in [0.3, 0.4) is 0 Å². The lowest BCUT2D eigenvalue weighted by atomic mass is 9.96. The molecule has 9 heteroatoms. The first-order valence-corrected chi connectivity index (χ1v) is 10.4. The Bertz CT molecular complexity index is 787. The summed E-state index contributed by atoms with van der Waals surface area (Å²) in [6.45, 7) is 1.25. The molecule has 2 rings (SSSR count). The first-order valence-electron chi connectivity index (χ1n) is 8.94. The van der Waals surface area contributed by atoms with Gasteiger partial charge >= 0.3 is 5.97 Å². The maximum atomic E-state index is 12.9. The highest BCUT2D eigenvalue weighted by Gasteiger charge is 2.30. The van der Waals surface area contributed by atoms with E-state index in [1.807, 2.05) is 0 Å². The number of hydrogen-bond acceptors (Lipinski definition) is 5. The zero-order valence-electron chi connectivity index (χ0n) is 15.5. The van der Waals surface area contributed by atoms with Gasteiger partial charge in [-0.3, -0.25) is 4.79 Å². The molecule has 3 N–H and O–H groups in total. The van der Waals surface area contributed by atoms with E-state index in [9.17, 15) is 23.1 Å². The summed E-state index contributed by atoms with van der Waals surface area (Å²) in [6, 6.07) is 3.93. The summed E-state index contributed by atoms with van der Waals surface area (Å²) in [5.41, 5.74) is 0.0139. The van der Waals surface area contributed by atoms with Crippen LogP contribution < -0.4 is 5.32 Å². The normalized spacial score (nSPS) is 18.1. The van der Waals surface area contributed by atoms with Crippen molar-refractivity contribution >= 4 is 21.9 Å². The van der Waals surface area contributed by atoms with Crippen LogP contribution in [-0.4, -0.2) is 60.0 Å². The van der Waals surface area contributed by atoms with Crippen LogP contribution in [0.2, 0.25) is 0 Å². The van der Waals surface area contributed by atoms with Gasteiger partial charge in [0.1, 0.15) is 0 Å². The van der Waals surface area contributed by atoms with Crippen molar-refractivity contribution < 1.29 is 28.2 Å². The van der Waals surface area contributed by atoms with Crippen LogP contribution in [0.15, 0.2) is 29.2 Å². The van der Waals surface area contributed by atoms with Crippen LogP contribution in [0.25, 0.3) is 0 Å². The number of nitrogens with zero attached hydrogens (tertiary/aromatic N) is 1. The molecule has 1 fully saturated rings. The van der Waals surface area contributed by atoms with Crippen molar-refractivity contribution in [2.75, 3.05) is 7.05 Å². The molecule has 0 aromatic heterocycles.